The molecule has 0 aliphatic carbocycles. The quantitative estimate of drug-likeness (QED) is 0.843. The molecular weight excluding hydrogens is 241 g/mol. The lowest BCUT2D eigenvalue weighted by Crippen LogP contribution is -2.17. The second-order valence-electron chi connectivity index (χ2n) is 4.50. The Morgan fingerprint density at radius 2 is 2.00 bits per heavy atom. The molecule has 2 rings (SSSR count). The van der Waals surface area contributed by atoms with Crippen LogP contribution in [0.5, 0.6) is 0 Å². The Bertz CT molecular complexity index is 604. The fraction of sp³-hybridized carbons (Fsp3) is 0.200. The largest absolute Gasteiger partial charge is 0.298 e. The summed E-state index contributed by atoms with van der Waals surface area (Å²) in [7, 11) is 1.95. The number of rotatable bonds is 4. The van der Waals surface area contributed by atoms with E-state index in [2.05, 4.69) is 11.1 Å². The highest BCUT2D eigenvalue weighted by Crippen LogP contribution is 2.10. The van der Waals surface area contributed by atoms with Crippen LogP contribution in [0.4, 0.5) is 4.39 Å². The molecule has 4 heteroatoms. The Hall–Kier alpha value is -2.25. The summed E-state index contributed by atoms with van der Waals surface area (Å²) in [5.74, 6) is -0.322. The monoisotopic (exact) mass is 255 g/mol. The molecule has 0 bridgehead atoms. The van der Waals surface area contributed by atoms with Gasteiger partial charge in [-0.05, 0) is 36.4 Å². The summed E-state index contributed by atoms with van der Waals surface area (Å²) in [6.45, 7) is 1.31. The van der Waals surface area contributed by atoms with Crippen LogP contribution in [0.2, 0.25) is 0 Å². The lowest BCUT2D eigenvalue weighted by Gasteiger charge is -2.16. The lowest BCUT2D eigenvalue weighted by atomic mass is 10.1. The van der Waals surface area contributed by atoms with Gasteiger partial charge in [-0.25, -0.2) is 4.39 Å². The predicted octanol–water partition coefficient (Wildman–Crippen LogP) is 2.72. The van der Waals surface area contributed by atoms with E-state index in [1.54, 1.807) is 12.3 Å². The summed E-state index contributed by atoms with van der Waals surface area (Å²) < 4.78 is 13.0. The fourth-order valence-electron chi connectivity index (χ4n) is 1.96. The van der Waals surface area contributed by atoms with Crippen LogP contribution in [-0.4, -0.2) is 16.9 Å². The second kappa shape index (κ2) is 6.07. The molecule has 0 saturated heterocycles. The van der Waals surface area contributed by atoms with E-state index in [-0.39, 0.29) is 5.82 Å². The van der Waals surface area contributed by atoms with Crippen LogP contribution < -0.4 is 0 Å². The van der Waals surface area contributed by atoms with Gasteiger partial charge in [0.15, 0.2) is 0 Å². The molecular formula is C15H14FN3. The number of aromatic nitrogens is 1. The minimum absolute atomic E-state index is 0.322. The molecule has 0 atom stereocenters. The van der Waals surface area contributed by atoms with Crippen molar-refractivity contribution in [1.82, 2.24) is 9.88 Å². The van der Waals surface area contributed by atoms with Crippen molar-refractivity contribution < 1.29 is 4.39 Å². The van der Waals surface area contributed by atoms with Crippen LogP contribution in [0.25, 0.3) is 0 Å². The summed E-state index contributed by atoms with van der Waals surface area (Å²) in [6.07, 6.45) is 2.85. The number of halogens is 1. The van der Waals surface area contributed by atoms with E-state index in [0.29, 0.717) is 18.7 Å². The fourth-order valence-corrected chi connectivity index (χ4v) is 1.96. The number of pyridine rings is 1. The first-order valence-electron chi connectivity index (χ1n) is 5.94. The summed E-state index contributed by atoms with van der Waals surface area (Å²) in [4.78, 5) is 5.88. The standard InChI is InChI=1S/C15H14FN3/c1-19(11-14-6-15(16)9-18-8-14)10-13-4-2-3-12(5-13)7-17/h2-6,8-9H,10-11H2,1H3. The number of benzene rings is 1. The average molecular weight is 255 g/mol. The lowest BCUT2D eigenvalue weighted by molar-refractivity contribution is 0.318. The van der Waals surface area contributed by atoms with Crippen LogP contribution in [0.15, 0.2) is 42.7 Å². The van der Waals surface area contributed by atoms with E-state index in [1.165, 1.54) is 12.3 Å². The second-order valence-corrected chi connectivity index (χ2v) is 4.50. The van der Waals surface area contributed by atoms with Gasteiger partial charge in [0.1, 0.15) is 5.82 Å². The van der Waals surface area contributed by atoms with E-state index in [0.717, 1.165) is 11.1 Å². The van der Waals surface area contributed by atoms with Crippen molar-refractivity contribution in [3.8, 4) is 6.07 Å². The number of nitrogens with zero attached hydrogens (tertiary/aromatic N) is 3. The van der Waals surface area contributed by atoms with E-state index < -0.39 is 0 Å². The molecule has 1 heterocycles. The van der Waals surface area contributed by atoms with Crippen LogP contribution in [0, 0.1) is 17.1 Å². The maximum atomic E-state index is 13.0. The molecule has 1 aromatic heterocycles. The maximum Gasteiger partial charge on any atom is 0.141 e. The van der Waals surface area contributed by atoms with Gasteiger partial charge in [0, 0.05) is 19.3 Å². The first-order valence-corrected chi connectivity index (χ1v) is 5.94. The van der Waals surface area contributed by atoms with Crippen molar-refractivity contribution >= 4 is 0 Å². The third-order valence-electron chi connectivity index (χ3n) is 2.72. The van der Waals surface area contributed by atoms with Crippen LogP contribution in [-0.2, 0) is 13.1 Å². The van der Waals surface area contributed by atoms with Gasteiger partial charge in [-0.2, -0.15) is 5.26 Å². The molecule has 2 aromatic rings. The van der Waals surface area contributed by atoms with E-state index in [1.807, 2.05) is 30.1 Å². The van der Waals surface area contributed by atoms with Gasteiger partial charge in [-0.1, -0.05) is 12.1 Å². The van der Waals surface area contributed by atoms with Gasteiger partial charge in [0.05, 0.1) is 17.8 Å². The topological polar surface area (TPSA) is 39.9 Å². The molecule has 0 unspecified atom stereocenters. The Morgan fingerprint density at radius 3 is 2.74 bits per heavy atom. The van der Waals surface area contributed by atoms with Crippen molar-refractivity contribution in [1.29, 1.82) is 5.26 Å². The SMILES string of the molecule is CN(Cc1cncc(F)c1)Cc1cccc(C#N)c1. The van der Waals surface area contributed by atoms with Gasteiger partial charge in [0.2, 0.25) is 0 Å². The summed E-state index contributed by atoms with van der Waals surface area (Å²) >= 11 is 0. The molecule has 0 spiro atoms. The molecule has 0 fully saturated rings. The normalized spacial score (nSPS) is 10.4. The zero-order valence-corrected chi connectivity index (χ0v) is 10.7. The molecule has 0 N–H and O–H groups in total. The third kappa shape index (κ3) is 3.87. The molecule has 3 nitrogen and oxygen atoms in total. The third-order valence-corrected chi connectivity index (χ3v) is 2.72. The Kier molecular flexibility index (Phi) is 4.22. The Morgan fingerprint density at radius 1 is 1.21 bits per heavy atom. The first-order chi connectivity index (χ1) is 9.17. The van der Waals surface area contributed by atoms with Crippen molar-refractivity contribution in [3.63, 3.8) is 0 Å². The van der Waals surface area contributed by atoms with Crippen LogP contribution >= 0.6 is 0 Å². The number of hydrogen-bond donors (Lipinski definition) is 0. The van der Waals surface area contributed by atoms with Crippen LogP contribution in [0.1, 0.15) is 16.7 Å². The predicted molar refractivity (Wildman–Crippen MR) is 70.5 cm³/mol. The van der Waals surface area contributed by atoms with Gasteiger partial charge in [-0.3, -0.25) is 9.88 Å². The minimum atomic E-state index is -0.322. The highest BCUT2D eigenvalue weighted by Gasteiger charge is 2.04. The van der Waals surface area contributed by atoms with Gasteiger partial charge >= 0.3 is 0 Å². The molecule has 0 radical (unpaired) electrons. The molecule has 0 aliphatic rings. The van der Waals surface area contributed by atoms with E-state index >= 15 is 0 Å². The molecule has 1 aromatic carbocycles. The highest BCUT2D eigenvalue weighted by atomic mass is 19.1. The van der Waals surface area contributed by atoms with Crippen molar-refractivity contribution in [2.24, 2.45) is 0 Å². The molecule has 0 amide bonds. The molecule has 0 aliphatic heterocycles. The van der Waals surface area contributed by atoms with E-state index in [9.17, 15) is 4.39 Å². The van der Waals surface area contributed by atoms with Gasteiger partial charge in [0.25, 0.3) is 0 Å². The van der Waals surface area contributed by atoms with Crippen LogP contribution in [0.3, 0.4) is 0 Å². The average Bonchev–Trinajstić information content (AvgIpc) is 2.38. The maximum absolute atomic E-state index is 13.0. The molecule has 96 valence electrons. The number of hydrogen-bond acceptors (Lipinski definition) is 3. The highest BCUT2D eigenvalue weighted by molar-refractivity contribution is 5.32. The molecule has 19 heavy (non-hydrogen) atoms. The minimum Gasteiger partial charge on any atom is -0.298 e. The zero-order chi connectivity index (χ0) is 13.7. The first kappa shape index (κ1) is 13.2. The number of nitriles is 1. The summed E-state index contributed by atoms with van der Waals surface area (Å²) in [5, 5.41) is 8.85. The van der Waals surface area contributed by atoms with Crippen molar-refractivity contribution in [2.75, 3.05) is 7.05 Å². The molecule has 0 saturated carbocycles. The smallest absolute Gasteiger partial charge is 0.141 e. The summed E-state index contributed by atoms with van der Waals surface area (Å²) in [5.41, 5.74) is 2.54. The van der Waals surface area contributed by atoms with Crippen molar-refractivity contribution in [3.05, 3.63) is 65.2 Å². The Balaban J connectivity index is 2.01. The zero-order valence-electron chi connectivity index (χ0n) is 10.7. The van der Waals surface area contributed by atoms with Crippen molar-refractivity contribution in [2.45, 2.75) is 13.1 Å². The Labute approximate surface area is 111 Å². The van der Waals surface area contributed by atoms with Gasteiger partial charge < -0.3 is 0 Å². The summed E-state index contributed by atoms with van der Waals surface area (Å²) in [6, 6.07) is 11.1. The van der Waals surface area contributed by atoms with Gasteiger partial charge in [-0.15, -0.1) is 0 Å². The van der Waals surface area contributed by atoms with E-state index in [4.69, 9.17) is 5.26 Å².